The monoisotopic (exact) mass is 461 g/mol. The van der Waals surface area contributed by atoms with Crippen molar-refractivity contribution in [2.45, 2.75) is 0 Å². The number of nitrogens with zero attached hydrogens (tertiary/aromatic N) is 4. The number of carbonyl (C=O) groups is 2. The molecule has 5 rings (SSSR count). The molecule has 32 heavy (non-hydrogen) atoms. The lowest BCUT2D eigenvalue weighted by molar-refractivity contribution is -0.127. The number of rotatable bonds is 3. The molecule has 10 nitrogen and oxygen atoms in total. The third-order valence-electron chi connectivity index (χ3n) is 5.81. The zero-order chi connectivity index (χ0) is 22.6. The number of piperazine rings is 1. The van der Waals surface area contributed by atoms with Crippen molar-refractivity contribution in [3.05, 3.63) is 45.0 Å². The molecule has 3 aliphatic rings. The number of anilines is 1. The van der Waals surface area contributed by atoms with Gasteiger partial charge in [0.15, 0.2) is 18.3 Å². The van der Waals surface area contributed by atoms with Crippen LogP contribution >= 0.6 is 11.8 Å². The molecule has 0 spiro atoms. The van der Waals surface area contributed by atoms with Gasteiger partial charge in [-0.05, 0) is 6.07 Å². The third kappa shape index (κ3) is 3.13. The van der Waals surface area contributed by atoms with Gasteiger partial charge >= 0.3 is 5.97 Å². The van der Waals surface area contributed by atoms with Crippen molar-refractivity contribution in [2.75, 3.05) is 55.7 Å². The maximum Gasteiger partial charge on any atom is 0.341 e. The van der Waals surface area contributed by atoms with E-state index in [1.165, 1.54) is 22.6 Å². The van der Waals surface area contributed by atoms with E-state index in [4.69, 9.17) is 4.74 Å². The number of carboxylic acids is 1. The summed E-state index contributed by atoms with van der Waals surface area (Å²) in [7, 11) is 1.68. The van der Waals surface area contributed by atoms with Crippen LogP contribution in [-0.2, 0) is 4.79 Å². The Balaban J connectivity index is 1.53. The van der Waals surface area contributed by atoms with Crippen LogP contribution in [0.4, 0.5) is 10.1 Å². The summed E-state index contributed by atoms with van der Waals surface area (Å²) in [6.45, 7) is 1.64. The summed E-state index contributed by atoms with van der Waals surface area (Å²) < 4.78 is 22.6. The van der Waals surface area contributed by atoms with Gasteiger partial charge in [-0.15, -0.1) is 11.8 Å². The van der Waals surface area contributed by atoms with E-state index in [-0.39, 0.29) is 29.5 Å². The van der Waals surface area contributed by atoms with Gasteiger partial charge < -0.3 is 25.0 Å². The molecule has 12 heteroatoms. The molecule has 0 saturated carbocycles. The number of aromatic nitrogens is 1. The van der Waals surface area contributed by atoms with Gasteiger partial charge in [0, 0.05) is 44.8 Å². The first-order chi connectivity index (χ1) is 15.4. The summed E-state index contributed by atoms with van der Waals surface area (Å²) in [6.07, 6.45) is 1.23. The Morgan fingerprint density at radius 1 is 1.25 bits per heavy atom. The van der Waals surface area contributed by atoms with E-state index in [1.54, 1.807) is 27.3 Å². The molecule has 0 atom stereocenters. The van der Waals surface area contributed by atoms with Gasteiger partial charge in [-0.25, -0.2) is 9.18 Å². The highest BCUT2D eigenvalue weighted by Crippen LogP contribution is 2.40. The van der Waals surface area contributed by atoms with Crippen LogP contribution in [0.15, 0.2) is 28.2 Å². The number of hydrogen-bond acceptors (Lipinski definition) is 8. The van der Waals surface area contributed by atoms with E-state index in [2.05, 4.69) is 5.32 Å². The Hall–Kier alpha value is -3.41. The predicted molar refractivity (Wildman–Crippen MR) is 117 cm³/mol. The average Bonchev–Trinajstić information content (AvgIpc) is 3.32. The van der Waals surface area contributed by atoms with E-state index in [1.807, 2.05) is 0 Å². The molecule has 2 aromatic rings. The van der Waals surface area contributed by atoms with Gasteiger partial charge in [0.05, 0.1) is 11.3 Å². The minimum Gasteiger partial charge on any atom is -0.477 e. The Labute approximate surface area is 185 Å². The number of carbonyl (C=O) groups excluding carboxylic acids is 1. The van der Waals surface area contributed by atoms with Crippen LogP contribution in [0.2, 0.25) is 0 Å². The van der Waals surface area contributed by atoms with E-state index in [0.717, 1.165) is 6.07 Å². The Bertz CT molecular complexity index is 1240. The Morgan fingerprint density at radius 3 is 2.66 bits per heavy atom. The number of nitrogens with one attached hydrogen (secondary N) is 1. The number of thioether (sulfide) groups is 1. The molecule has 2 N–H and O–H groups in total. The smallest absolute Gasteiger partial charge is 0.341 e. The number of benzene rings is 1. The van der Waals surface area contributed by atoms with Gasteiger partial charge in [-0.2, -0.15) is 0 Å². The second-order valence-corrected chi connectivity index (χ2v) is 8.54. The lowest BCUT2D eigenvalue weighted by atomic mass is 10.1. The van der Waals surface area contributed by atoms with E-state index >= 15 is 4.39 Å². The third-order valence-corrected chi connectivity index (χ3v) is 6.52. The summed E-state index contributed by atoms with van der Waals surface area (Å²) in [5.74, 6) is -1.26. The zero-order valence-corrected chi connectivity index (χ0v) is 17.9. The molecule has 4 heterocycles. The van der Waals surface area contributed by atoms with Gasteiger partial charge in [0.1, 0.15) is 22.5 Å². The normalized spacial score (nSPS) is 17.8. The zero-order valence-electron chi connectivity index (χ0n) is 17.1. The van der Waals surface area contributed by atoms with Crippen LogP contribution in [-0.4, -0.2) is 72.4 Å². The molecule has 1 aromatic heterocycles. The first-order valence-electron chi connectivity index (χ1n) is 9.96. The number of aromatic carboxylic acids is 1. The first-order valence-corrected chi connectivity index (χ1v) is 11.0. The second kappa shape index (κ2) is 7.62. The summed E-state index contributed by atoms with van der Waals surface area (Å²) in [4.78, 5) is 40.3. The lowest BCUT2D eigenvalue weighted by Crippen LogP contribution is -2.50. The first kappa shape index (κ1) is 20.5. The van der Waals surface area contributed by atoms with Crippen LogP contribution < -0.4 is 25.4 Å². The highest BCUT2D eigenvalue weighted by atomic mass is 32.2. The quantitative estimate of drug-likeness (QED) is 0.677. The second-order valence-electron chi connectivity index (χ2n) is 7.68. The average molecular weight is 461 g/mol. The number of amides is 1. The molecule has 1 fully saturated rings. The molecule has 0 radical (unpaired) electrons. The molecule has 0 aliphatic carbocycles. The maximum absolute atomic E-state index is 15.3. The fourth-order valence-electron chi connectivity index (χ4n) is 4.19. The Morgan fingerprint density at radius 2 is 2.00 bits per heavy atom. The molecule has 0 bridgehead atoms. The maximum atomic E-state index is 15.3. The van der Waals surface area contributed by atoms with Crippen LogP contribution in [0, 0.1) is 5.82 Å². The molecule has 168 valence electrons. The number of carboxylic acid groups (broad SMARTS) is 1. The van der Waals surface area contributed by atoms with Crippen LogP contribution in [0.5, 0.6) is 5.75 Å². The minimum atomic E-state index is -1.38. The number of hydrogen-bond donors (Lipinski definition) is 2. The van der Waals surface area contributed by atoms with Crippen molar-refractivity contribution >= 4 is 40.2 Å². The summed E-state index contributed by atoms with van der Waals surface area (Å²) in [5, 5.41) is 15.8. The number of halogens is 1. The highest BCUT2D eigenvalue weighted by Gasteiger charge is 2.32. The molecular weight excluding hydrogens is 441 g/mol. The molecule has 1 saturated heterocycles. The highest BCUT2D eigenvalue weighted by molar-refractivity contribution is 8.02. The fourth-order valence-corrected chi connectivity index (χ4v) is 4.86. The summed E-state index contributed by atoms with van der Waals surface area (Å²) >= 11 is 1.53. The molecule has 3 aliphatic heterocycles. The van der Waals surface area contributed by atoms with Gasteiger partial charge in [0.2, 0.25) is 5.43 Å². The molecule has 1 amide bonds. The topological polar surface area (TPSA) is 107 Å². The van der Waals surface area contributed by atoms with Gasteiger partial charge in [-0.3, -0.25) is 19.3 Å². The van der Waals surface area contributed by atoms with Crippen molar-refractivity contribution in [2.24, 2.45) is 0 Å². The van der Waals surface area contributed by atoms with Gasteiger partial charge in [-0.1, -0.05) is 0 Å². The fraction of sp³-hybridized carbons (Fsp3) is 0.350. The predicted octanol–water partition coefficient (Wildman–Crippen LogP) is 0.540. The standard InChI is InChI=1S/C20H20FN5O5S/c1-23-10-31-18-15-11(17(27)12(20(29)30)7-26(15)23)6-13(21)16(18)24-2-4-25(5-3-24)19(28)14-8-32-9-22-14/h6-8,22H,2-5,9-10H2,1H3,(H,29,30). The van der Waals surface area contributed by atoms with Crippen molar-refractivity contribution in [3.8, 4) is 5.75 Å². The van der Waals surface area contributed by atoms with E-state index in [0.29, 0.717) is 43.3 Å². The van der Waals surface area contributed by atoms with Crippen LogP contribution in [0.1, 0.15) is 10.4 Å². The number of ether oxygens (including phenoxy) is 1. The minimum absolute atomic E-state index is 0.0520. The lowest BCUT2D eigenvalue weighted by Gasteiger charge is -2.38. The largest absolute Gasteiger partial charge is 0.477 e. The molecular formula is C20H20FN5O5S. The van der Waals surface area contributed by atoms with Crippen LogP contribution in [0.25, 0.3) is 10.9 Å². The summed E-state index contributed by atoms with van der Waals surface area (Å²) in [5.41, 5.74) is -0.104. The SMILES string of the molecule is CN1COc2c(N3CCN(C(=O)C4=CSCN4)CC3)c(F)cc3c(=O)c(C(=O)O)cn1c23. The van der Waals surface area contributed by atoms with E-state index in [9.17, 15) is 19.5 Å². The molecule has 1 aromatic carbocycles. The Kier molecular flexibility index (Phi) is 4.88. The van der Waals surface area contributed by atoms with E-state index < -0.39 is 22.8 Å². The van der Waals surface area contributed by atoms with Gasteiger partial charge in [0.25, 0.3) is 5.91 Å². The molecule has 0 unspecified atom stereocenters. The van der Waals surface area contributed by atoms with Crippen molar-refractivity contribution in [1.82, 2.24) is 14.9 Å². The van der Waals surface area contributed by atoms with Crippen molar-refractivity contribution in [3.63, 3.8) is 0 Å². The van der Waals surface area contributed by atoms with Crippen LogP contribution in [0.3, 0.4) is 0 Å². The van der Waals surface area contributed by atoms with Crippen molar-refractivity contribution < 1.29 is 23.8 Å². The number of pyridine rings is 1. The van der Waals surface area contributed by atoms with Crippen molar-refractivity contribution in [1.29, 1.82) is 0 Å². The summed E-state index contributed by atoms with van der Waals surface area (Å²) in [6, 6.07) is 1.07.